The molecule has 1 aromatic rings. The first-order valence-corrected chi connectivity index (χ1v) is 12.6. The Kier molecular flexibility index (Phi) is 6.80. The Hall–Kier alpha value is -1.59. The highest BCUT2D eigenvalue weighted by Gasteiger charge is 2.28. The average molecular weight is 427 g/mol. The molecule has 0 aromatic heterocycles. The van der Waals surface area contributed by atoms with Crippen LogP contribution < -0.4 is 10.1 Å². The molecule has 3 heterocycles. The summed E-state index contributed by atoms with van der Waals surface area (Å²) < 4.78 is 10.9. The minimum atomic E-state index is 0.232. The summed E-state index contributed by atoms with van der Waals surface area (Å²) in [5.41, 5.74) is 3.03. The maximum Gasteiger partial charge on any atom is 0.220 e. The lowest BCUT2D eigenvalue weighted by atomic mass is 9.83. The maximum absolute atomic E-state index is 12.1. The summed E-state index contributed by atoms with van der Waals surface area (Å²) in [5, 5.41) is 3.27. The van der Waals surface area contributed by atoms with Crippen molar-refractivity contribution in [1.82, 2.24) is 10.2 Å². The minimum Gasteiger partial charge on any atom is -0.493 e. The molecule has 3 fully saturated rings. The lowest BCUT2D eigenvalue weighted by Gasteiger charge is -2.35. The molecule has 170 valence electrons. The molecule has 1 saturated carbocycles. The Balaban J connectivity index is 0.995. The van der Waals surface area contributed by atoms with Crippen molar-refractivity contribution in [3.8, 4) is 5.75 Å². The molecule has 1 amide bonds. The molecule has 5 rings (SSSR count). The Morgan fingerprint density at radius 2 is 1.84 bits per heavy atom. The Morgan fingerprint density at radius 3 is 2.58 bits per heavy atom. The van der Waals surface area contributed by atoms with Crippen molar-refractivity contribution >= 4 is 5.91 Å². The zero-order valence-corrected chi connectivity index (χ0v) is 18.8. The summed E-state index contributed by atoms with van der Waals surface area (Å²) in [6.07, 6.45) is 10.5. The lowest BCUT2D eigenvalue weighted by molar-refractivity contribution is -0.127. The average Bonchev–Trinajstić information content (AvgIpc) is 3.25. The van der Waals surface area contributed by atoms with Gasteiger partial charge >= 0.3 is 0 Å². The quantitative estimate of drug-likeness (QED) is 0.718. The molecule has 31 heavy (non-hydrogen) atoms. The molecular formula is C26H38N2O3. The number of benzene rings is 1. The van der Waals surface area contributed by atoms with E-state index < -0.39 is 0 Å². The molecule has 0 bridgehead atoms. The van der Waals surface area contributed by atoms with Gasteiger partial charge in [-0.15, -0.1) is 0 Å². The summed E-state index contributed by atoms with van der Waals surface area (Å²) in [6, 6.07) is 7.04. The van der Waals surface area contributed by atoms with Crippen LogP contribution in [-0.4, -0.2) is 56.3 Å². The summed E-state index contributed by atoms with van der Waals surface area (Å²) in [7, 11) is 0. The van der Waals surface area contributed by atoms with Gasteiger partial charge in [-0.2, -0.15) is 0 Å². The number of nitrogens with zero attached hydrogens (tertiary/aromatic N) is 1. The van der Waals surface area contributed by atoms with Crippen LogP contribution in [0.3, 0.4) is 0 Å². The fourth-order valence-corrected chi connectivity index (χ4v) is 6.01. The topological polar surface area (TPSA) is 50.8 Å². The molecule has 0 spiro atoms. The molecule has 0 atom stereocenters. The predicted octanol–water partition coefficient (Wildman–Crippen LogP) is 3.90. The van der Waals surface area contributed by atoms with E-state index in [-0.39, 0.29) is 5.91 Å². The summed E-state index contributed by atoms with van der Waals surface area (Å²) >= 11 is 0. The van der Waals surface area contributed by atoms with Crippen LogP contribution in [0.2, 0.25) is 0 Å². The summed E-state index contributed by atoms with van der Waals surface area (Å²) in [5.74, 6) is 3.36. The van der Waals surface area contributed by atoms with Gasteiger partial charge in [0.15, 0.2) is 0 Å². The normalized spacial score (nSPS) is 27.4. The lowest BCUT2D eigenvalue weighted by Crippen LogP contribution is -2.41. The third-order valence-corrected chi connectivity index (χ3v) is 8.05. The second-order valence-corrected chi connectivity index (χ2v) is 10.2. The van der Waals surface area contributed by atoms with E-state index in [4.69, 9.17) is 9.47 Å². The number of carbonyl (C=O) groups is 1. The van der Waals surface area contributed by atoms with Crippen LogP contribution in [0.25, 0.3) is 0 Å². The fourth-order valence-electron chi connectivity index (χ4n) is 6.01. The molecule has 2 saturated heterocycles. The Bertz CT molecular complexity index is 747. The number of amides is 1. The highest BCUT2D eigenvalue weighted by molar-refractivity contribution is 5.76. The van der Waals surface area contributed by atoms with Crippen LogP contribution >= 0.6 is 0 Å². The highest BCUT2D eigenvalue weighted by Crippen LogP contribution is 2.37. The molecular weight excluding hydrogens is 388 g/mol. The SMILES string of the molecule is O=C(CC1COC1)NC1CCC(CCN2CCC(c3cccc4c3CCO4)CC2)CC1. The van der Waals surface area contributed by atoms with E-state index in [1.165, 1.54) is 57.3 Å². The molecule has 0 radical (unpaired) electrons. The van der Waals surface area contributed by atoms with Crippen LogP contribution in [0.1, 0.15) is 68.4 Å². The van der Waals surface area contributed by atoms with Crippen LogP contribution in [-0.2, 0) is 16.0 Å². The molecule has 1 aliphatic carbocycles. The third kappa shape index (κ3) is 5.25. The van der Waals surface area contributed by atoms with Crippen molar-refractivity contribution in [2.24, 2.45) is 11.8 Å². The number of hydrogen-bond acceptors (Lipinski definition) is 4. The number of piperidine rings is 1. The maximum atomic E-state index is 12.1. The van der Waals surface area contributed by atoms with E-state index in [2.05, 4.69) is 28.4 Å². The van der Waals surface area contributed by atoms with Crippen LogP contribution in [0.15, 0.2) is 18.2 Å². The number of ether oxygens (including phenoxy) is 2. The van der Waals surface area contributed by atoms with Crippen molar-refractivity contribution in [2.45, 2.75) is 69.7 Å². The molecule has 0 unspecified atom stereocenters. The molecule has 1 aromatic carbocycles. The number of likely N-dealkylation sites (tertiary alicyclic amines) is 1. The number of carbonyl (C=O) groups excluding carboxylic acids is 1. The number of hydrogen-bond donors (Lipinski definition) is 1. The molecule has 3 aliphatic heterocycles. The Labute approximate surface area is 186 Å². The van der Waals surface area contributed by atoms with E-state index in [0.29, 0.717) is 24.3 Å². The van der Waals surface area contributed by atoms with Crippen LogP contribution in [0.5, 0.6) is 5.75 Å². The monoisotopic (exact) mass is 426 g/mol. The van der Waals surface area contributed by atoms with E-state index in [1.807, 2.05) is 0 Å². The van der Waals surface area contributed by atoms with Crippen molar-refractivity contribution in [3.63, 3.8) is 0 Å². The van der Waals surface area contributed by atoms with Crippen molar-refractivity contribution < 1.29 is 14.3 Å². The second kappa shape index (κ2) is 9.91. The largest absolute Gasteiger partial charge is 0.493 e. The van der Waals surface area contributed by atoms with Crippen molar-refractivity contribution in [2.75, 3.05) is 39.5 Å². The van der Waals surface area contributed by atoms with Gasteiger partial charge in [-0.25, -0.2) is 0 Å². The van der Waals surface area contributed by atoms with Gasteiger partial charge in [0.05, 0.1) is 19.8 Å². The van der Waals surface area contributed by atoms with Gasteiger partial charge in [0.25, 0.3) is 0 Å². The highest BCUT2D eigenvalue weighted by atomic mass is 16.5. The van der Waals surface area contributed by atoms with E-state index >= 15 is 0 Å². The number of rotatable bonds is 7. The van der Waals surface area contributed by atoms with Crippen LogP contribution in [0, 0.1) is 11.8 Å². The molecule has 1 N–H and O–H groups in total. The summed E-state index contributed by atoms with van der Waals surface area (Å²) in [6.45, 7) is 6.08. The van der Waals surface area contributed by atoms with Gasteiger partial charge < -0.3 is 19.7 Å². The molecule has 4 aliphatic rings. The van der Waals surface area contributed by atoms with Crippen LogP contribution in [0.4, 0.5) is 0 Å². The van der Waals surface area contributed by atoms with E-state index in [0.717, 1.165) is 50.8 Å². The number of nitrogens with one attached hydrogen (secondary N) is 1. The van der Waals surface area contributed by atoms with E-state index in [9.17, 15) is 4.79 Å². The number of fused-ring (bicyclic) bond motifs is 1. The van der Waals surface area contributed by atoms with E-state index in [1.54, 1.807) is 5.56 Å². The first kappa shape index (κ1) is 21.3. The standard InChI is InChI=1S/C26H38N2O3/c29-26(16-20-17-30-18-20)27-22-6-4-19(5-7-22)8-12-28-13-9-21(10-14-28)23-2-1-3-25-24(23)11-15-31-25/h1-3,19-22H,4-18H2,(H,27,29). The van der Waals surface area contributed by atoms with Crippen molar-refractivity contribution in [3.05, 3.63) is 29.3 Å². The first-order chi connectivity index (χ1) is 15.2. The predicted molar refractivity (Wildman–Crippen MR) is 121 cm³/mol. The Morgan fingerprint density at radius 1 is 1.03 bits per heavy atom. The van der Waals surface area contributed by atoms with Gasteiger partial charge in [-0.05, 0) is 88.0 Å². The summed E-state index contributed by atoms with van der Waals surface area (Å²) in [4.78, 5) is 14.8. The zero-order valence-electron chi connectivity index (χ0n) is 18.8. The van der Waals surface area contributed by atoms with Gasteiger partial charge in [-0.3, -0.25) is 4.79 Å². The molecule has 5 nitrogen and oxygen atoms in total. The van der Waals surface area contributed by atoms with Gasteiger partial charge in [0, 0.05) is 30.4 Å². The van der Waals surface area contributed by atoms with Gasteiger partial charge in [-0.1, -0.05) is 12.1 Å². The van der Waals surface area contributed by atoms with Crippen molar-refractivity contribution in [1.29, 1.82) is 0 Å². The first-order valence-electron chi connectivity index (χ1n) is 12.6. The van der Waals surface area contributed by atoms with Gasteiger partial charge in [0.2, 0.25) is 5.91 Å². The fraction of sp³-hybridized carbons (Fsp3) is 0.731. The molecule has 5 heteroatoms. The zero-order chi connectivity index (χ0) is 21.0. The second-order valence-electron chi connectivity index (χ2n) is 10.2. The minimum absolute atomic E-state index is 0.232. The van der Waals surface area contributed by atoms with Gasteiger partial charge in [0.1, 0.15) is 5.75 Å². The smallest absolute Gasteiger partial charge is 0.220 e. The third-order valence-electron chi connectivity index (χ3n) is 8.05.